The highest BCUT2D eigenvalue weighted by atomic mass is 16.6. The fourth-order valence-electron chi connectivity index (χ4n) is 7.25. The third-order valence-electron chi connectivity index (χ3n) is 11.5. The number of carbonyl (C=O) groups excluding carboxylic acids is 3. The van der Waals surface area contributed by atoms with Gasteiger partial charge in [0.2, 0.25) is 0 Å². The van der Waals surface area contributed by atoms with E-state index in [9.17, 15) is 14.4 Å². The van der Waals surface area contributed by atoms with Crippen molar-refractivity contribution >= 4 is 17.9 Å². The lowest BCUT2D eigenvalue weighted by molar-refractivity contribution is -0.167. The van der Waals surface area contributed by atoms with E-state index in [1.807, 2.05) is 0 Å². The van der Waals surface area contributed by atoms with Crippen LogP contribution in [0.1, 0.15) is 239 Å². The molecule has 0 rings (SSSR count). The molecule has 6 nitrogen and oxygen atoms in total. The second-order valence-corrected chi connectivity index (χ2v) is 18.1. The first-order valence-corrected chi connectivity index (χ1v) is 28.0. The van der Waals surface area contributed by atoms with Crippen molar-refractivity contribution in [3.63, 3.8) is 0 Å². The van der Waals surface area contributed by atoms with Crippen molar-refractivity contribution in [3.8, 4) is 0 Å². The molecule has 0 N–H and O–H groups in total. The van der Waals surface area contributed by atoms with Crippen LogP contribution in [-0.4, -0.2) is 37.2 Å². The van der Waals surface area contributed by atoms with Gasteiger partial charge in [0.15, 0.2) is 6.10 Å². The van der Waals surface area contributed by atoms with Crippen LogP contribution in [0.15, 0.2) is 122 Å². The van der Waals surface area contributed by atoms with E-state index in [1.54, 1.807) is 0 Å². The topological polar surface area (TPSA) is 78.9 Å². The lowest BCUT2D eigenvalue weighted by atomic mass is 10.1. The summed E-state index contributed by atoms with van der Waals surface area (Å²) in [5.74, 6) is -0.949. The van der Waals surface area contributed by atoms with Crippen molar-refractivity contribution in [3.05, 3.63) is 122 Å². The number of esters is 3. The van der Waals surface area contributed by atoms with E-state index in [-0.39, 0.29) is 31.1 Å². The highest BCUT2D eigenvalue weighted by Crippen LogP contribution is 2.13. The molecule has 0 aliphatic carbocycles. The van der Waals surface area contributed by atoms with Crippen LogP contribution in [0, 0.1) is 0 Å². The van der Waals surface area contributed by atoms with Gasteiger partial charge in [-0.25, -0.2) is 0 Å². The van der Waals surface area contributed by atoms with Gasteiger partial charge in [0, 0.05) is 19.3 Å². The molecule has 0 aromatic carbocycles. The normalized spacial score (nSPS) is 13.0. The number of carbonyl (C=O) groups is 3. The summed E-state index contributed by atoms with van der Waals surface area (Å²) in [6.45, 7) is 6.40. The Morgan fingerprint density at radius 1 is 0.304 bits per heavy atom. The van der Waals surface area contributed by atoms with Gasteiger partial charge in [-0.05, 0) is 116 Å². The van der Waals surface area contributed by atoms with Crippen LogP contribution in [0.2, 0.25) is 0 Å². The third kappa shape index (κ3) is 54.6. The molecule has 1 atom stereocenters. The van der Waals surface area contributed by atoms with E-state index in [2.05, 4.69) is 142 Å². The van der Waals surface area contributed by atoms with Crippen molar-refractivity contribution in [2.24, 2.45) is 0 Å². The minimum atomic E-state index is -0.795. The summed E-state index contributed by atoms with van der Waals surface area (Å²) in [5.41, 5.74) is 0. The summed E-state index contributed by atoms with van der Waals surface area (Å²) in [7, 11) is 0. The van der Waals surface area contributed by atoms with Crippen molar-refractivity contribution in [2.45, 2.75) is 245 Å². The largest absolute Gasteiger partial charge is 0.462 e. The van der Waals surface area contributed by atoms with Gasteiger partial charge in [-0.3, -0.25) is 14.4 Å². The smallest absolute Gasteiger partial charge is 0.306 e. The first-order valence-electron chi connectivity index (χ1n) is 28.0. The van der Waals surface area contributed by atoms with Gasteiger partial charge < -0.3 is 14.2 Å². The fourth-order valence-corrected chi connectivity index (χ4v) is 7.25. The predicted octanol–water partition coefficient (Wildman–Crippen LogP) is 18.9. The lowest BCUT2D eigenvalue weighted by Crippen LogP contribution is -2.30. The average molecular weight is 956 g/mol. The Hall–Kier alpha value is -4.19. The number of unbranched alkanes of at least 4 members (excludes halogenated alkanes) is 18. The summed E-state index contributed by atoms with van der Waals surface area (Å²) < 4.78 is 16.7. The van der Waals surface area contributed by atoms with Gasteiger partial charge >= 0.3 is 17.9 Å². The SMILES string of the molecule is CC/C=C\C/C=C\C/C=C\C/C=C\C/C=C\C/C=C\C/C=C\C/C=C\CCCCCCC(=O)OCC(COC(=O)CCCCCCCC)OC(=O)CCCCCCC/C=C\C/C=C\CCCCCC. The van der Waals surface area contributed by atoms with Crippen LogP contribution >= 0.6 is 0 Å². The summed E-state index contributed by atoms with van der Waals surface area (Å²) >= 11 is 0. The molecule has 0 saturated heterocycles. The van der Waals surface area contributed by atoms with Crippen LogP contribution in [0.3, 0.4) is 0 Å². The minimum Gasteiger partial charge on any atom is -0.462 e. The molecule has 0 saturated carbocycles. The fraction of sp³-hybridized carbons (Fsp3) is 0.635. The number of ether oxygens (including phenoxy) is 3. The quantitative estimate of drug-likeness (QED) is 0.0262. The van der Waals surface area contributed by atoms with Gasteiger partial charge in [-0.2, -0.15) is 0 Å². The lowest BCUT2D eigenvalue weighted by Gasteiger charge is -2.18. The molecule has 0 bridgehead atoms. The Kier molecular flexibility index (Phi) is 53.0. The van der Waals surface area contributed by atoms with Crippen molar-refractivity contribution in [1.29, 1.82) is 0 Å². The zero-order valence-corrected chi connectivity index (χ0v) is 44.5. The van der Waals surface area contributed by atoms with Crippen LogP contribution < -0.4 is 0 Å². The molecule has 0 amide bonds. The number of rotatable bonds is 49. The van der Waals surface area contributed by atoms with Gasteiger partial charge in [0.1, 0.15) is 13.2 Å². The van der Waals surface area contributed by atoms with E-state index < -0.39 is 6.10 Å². The van der Waals surface area contributed by atoms with Gasteiger partial charge in [0.05, 0.1) is 0 Å². The molecule has 69 heavy (non-hydrogen) atoms. The molecule has 0 spiro atoms. The molecule has 6 heteroatoms. The maximum atomic E-state index is 12.8. The molecule has 0 aliphatic rings. The highest BCUT2D eigenvalue weighted by Gasteiger charge is 2.19. The first-order chi connectivity index (χ1) is 34.0. The zero-order chi connectivity index (χ0) is 50.0. The van der Waals surface area contributed by atoms with Crippen LogP contribution in [0.25, 0.3) is 0 Å². The van der Waals surface area contributed by atoms with Gasteiger partial charge in [-0.1, -0.05) is 226 Å². The van der Waals surface area contributed by atoms with Crippen LogP contribution in [0.4, 0.5) is 0 Å². The average Bonchev–Trinajstić information content (AvgIpc) is 3.35. The highest BCUT2D eigenvalue weighted by molar-refractivity contribution is 5.71. The standard InChI is InChI=1S/C63H102O6/c1-4-7-10-13-16-18-20-22-24-26-27-28-29-30-31-32-33-34-35-36-37-38-40-41-43-45-47-50-53-56-62(65)68-59-60(58-67-61(64)55-52-49-15-12-9-6-3)69-63(66)57-54-51-48-46-44-42-39-25-23-21-19-17-14-11-8-5-2/h7,10,16,18-19,21-22,24-25,27-28,30-31,33-34,36-37,39-41,60H,4-6,8-9,11-15,17,20,23,26,29,32,35,38,42-59H2,1-3H3/b10-7-,18-16-,21-19-,24-22-,28-27-,31-30-,34-33-,37-36-,39-25-,41-40-. The Morgan fingerprint density at radius 2 is 0.565 bits per heavy atom. The van der Waals surface area contributed by atoms with Crippen LogP contribution in [0.5, 0.6) is 0 Å². The monoisotopic (exact) mass is 955 g/mol. The molecular formula is C63H102O6. The van der Waals surface area contributed by atoms with Crippen LogP contribution in [-0.2, 0) is 28.6 Å². The molecule has 390 valence electrons. The zero-order valence-electron chi connectivity index (χ0n) is 44.5. The molecular weight excluding hydrogens is 853 g/mol. The Bertz CT molecular complexity index is 1470. The molecule has 1 unspecified atom stereocenters. The summed E-state index contributed by atoms with van der Waals surface area (Å²) in [6.07, 6.45) is 77.9. The Balaban J connectivity index is 4.24. The maximum Gasteiger partial charge on any atom is 0.306 e. The van der Waals surface area contributed by atoms with Crippen molar-refractivity contribution in [2.75, 3.05) is 13.2 Å². The Morgan fingerprint density at radius 3 is 0.899 bits per heavy atom. The summed E-state index contributed by atoms with van der Waals surface area (Å²) in [5, 5.41) is 0. The molecule has 0 heterocycles. The maximum absolute atomic E-state index is 12.8. The van der Waals surface area contributed by atoms with E-state index in [0.717, 1.165) is 148 Å². The first kappa shape index (κ1) is 64.8. The van der Waals surface area contributed by atoms with Gasteiger partial charge in [-0.15, -0.1) is 0 Å². The van der Waals surface area contributed by atoms with E-state index in [0.29, 0.717) is 19.3 Å². The number of hydrogen-bond acceptors (Lipinski definition) is 6. The van der Waals surface area contributed by atoms with E-state index in [1.165, 1.54) is 51.4 Å². The van der Waals surface area contributed by atoms with Crippen molar-refractivity contribution in [1.82, 2.24) is 0 Å². The molecule has 0 aromatic heterocycles. The minimum absolute atomic E-state index is 0.0945. The number of hydrogen-bond donors (Lipinski definition) is 0. The van der Waals surface area contributed by atoms with Gasteiger partial charge in [0.25, 0.3) is 0 Å². The van der Waals surface area contributed by atoms with Crippen molar-refractivity contribution < 1.29 is 28.6 Å². The third-order valence-corrected chi connectivity index (χ3v) is 11.5. The van der Waals surface area contributed by atoms with E-state index >= 15 is 0 Å². The second kappa shape index (κ2) is 56.4. The van der Waals surface area contributed by atoms with E-state index in [4.69, 9.17) is 14.2 Å². The molecule has 0 aliphatic heterocycles. The Labute approximate surface area is 424 Å². The number of allylic oxidation sites excluding steroid dienone is 20. The molecule has 0 radical (unpaired) electrons. The molecule has 0 aromatic rings. The summed E-state index contributed by atoms with van der Waals surface area (Å²) in [4.78, 5) is 37.8. The second-order valence-electron chi connectivity index (χ2n) is 18.1. The predicted molar refractivity (Wildman–Crippen MR) is 297 cm³/mol. The molecule has 0 fully saturated rings. The summed E-state index contributed by atoms with van der Waals surface area (Å²) in [6, 6.07) is 0.